The first-order chi connectivity index (χ1) is 12.8. The van der Waals surface area contributed by atoms with Crippen molar-refractivity contribution in [2.75, 3.05) is 31.1 Å². The van der Waals surface area contributed by atoms with Crippen molar-refractivity contribution >= 4 is 21.7 Å². The van der Waals surface area contributed by atoms with Crippen molar-refractivity contribution in [1.29, 1.82) is 0 Å². The molecule has 7 nitrogen and oxygen atoms in total. The van der Waals surface area contributed by atoms with E-state index in [1.807, 2.05) is 25.1 Å². The lowest BCUT2D eigenvalue weighted by atomic mass is 9.90. The molecule has 0 bridgehead atoms. The Labute approximate surface area is 159 Å². The highest BCUT2D eigenvalue weighted by atomic mass is 32.2. The second-order valence-corrected chi connectivity index (χ2v) is 10.1. The van der Waals surface area contributed by atoms with Gasteiger partial charge in [0.05, 0.1) is 29.5 Å². The fourth-order valence-electron chi connectivity index (χ4n) is 4.18. The number of ether oxygens (including phenoxy) is 1. The molecule has 0 radical (unpaired) electrons. The van der Waals surface area contributed by atoms with E-state index in [1.165, 1.54) is 0 Å². The standard InChI is InChI=1S/C19H24N2O5S/c1-13-2-3-16-15(10-13)17(22)20-12-19(26-16)5-7-21(8-6-19)18(23)14-4-9-27(24,25)11-14/h2-3,10,14H,4-9,11-12H2,1H3,(H,20,22)/t14-/m0/s1. The Morgan fingerprint density at radius 3 is 2.70 bits per heavy atom. The van der Waals surface area contributed by atoms with E-state index in [0.29, 0.717) is 50.2 Å². The Morgan fingerprint density at radius 1 is 1.30 bits per heavy atom. The zero-order valence-electron chi connectivity index (χ0n) is 15.4. The summed E-state index contributed by atoms with van der Waals surface area (Å²) in [5.74, 6) is 0.0267. The number of sulfone groups is 1. The number of hydrogen-bond acceptors (Lipinski definition) is 5. The Balaban J connectivity index is 1.46. The van der Waals surface area contributed by atoms with Gasteiger partial charge in [-0.25, -0.2) is 8.42 Å². The summed E-state index contributed by atoms with van der Waals surface area (Å²) < 4.78 is 29.6. The summed E-state index contributed by atoms with van der Waals surface area (Å²) in [4.78, 5) is 26.8. The summed E-state index contributed by atoms with van der Waals surface area (Å²) in [5.41, 5.74) is 1.01. The van der Waals surface area contributed by atoms with E-state index in [1.54, 1.807) is 4.90 Å². The van der Waals surface area contributed by atoms with Crippen molar-refractivity contribution in [3.8, 4) is 5.75 Å². The predicted octanol–water partition coefficient (Wildman–Crippen LogP) is 0.913. The van der Waals surface area contributed by atoms with Crippen molar-refractivity contribution in [3.63, 3.8) is 0 Å². The average molecular weight is 392 g/mol. The Morgan fingerprint density at radius 2 is 2.04 bits per heavy atom. The third-order valence-electron chi connectivity index (χ3n) is 5.85. The topological polar surface area (TPSA) is 92.8 Å². The van der Waals surface area contributed by atoms with Gasteiger partial charge in [-0.1, -0.05) is 11.6 Å². The third kappa shape index (κ3) is 3.54. The van der Waals surface area contributed by atoms with Crippen molar-refractivity contribution in [2.45, 2.75) is 31.8 Å². The van der Waals surface area contributed by atoms with Gasteiger partial charge in [0.1, 0.15) is 11.4 Å². The lowest BCUT2D eigenvalue weighted by Crippen LogP contribution is -2.55. The molecule has 3 aliphatic heterocycles. The van der Waals surface area contributed by atoms with Crippen LogP contribution in [0.2, 0.25) is 0 Å². The molecule has 0 aromatic heterocycles. The molecule has 0 aliphatic carbocycles. The molecule has 1 atom stereocenters. The Kier molecular flexibility index (Phi) is 4.41. The van der Waals surface area contributed by atoms with Crippen molar-refractivity contribution < 1.29 is 22.7 Å². The monoisotopic (exact) mass is 392 g/mol. The lowest BCUT2D eigenvalue weighted by molar-refractivity contribution is -0.138. The number of nitrogens with zero attached hydrogens (tertiary/aromatic N) is 1. The number of aryl methyl sites for hydroxylation is 1. The lowest BCUT2D eigenvalue weighted by Gasteiger charge is -2.41. The molecule has 1 spiro atoms. The summed E-state index contributed by atoms with van der Waals surface area (Å²) >= 11 is 0. The summed E-state index contributed by atoms with van der Waals surface area (Å²) in [6, 6.07) is 5.57. The number of fused-ring (bicyclic) bond motifs is 1. The molecule has 2 amide bonds. The van der Waals surface area contributed by atoms with E-state index in [4.69, 9.17) is 4.74 Å². The van der Waals surface area contributed by atoms with Crippen LogP contribution >= 0.6 is 0 Å². The van der Waals surface area contributed by atoms with Crippen LogP contribution in [0.3, 0.4) is 0 Å². The van der Waals surface area contributed by atoms with Gasteiger partial charge in [-0.3, -0.25) is 9.59 Å². The van der Waals surface area contributed by atoms with E-state index in [9.17, 15) is 18.0 Å². The van der Waals surface area contributed by atoms with Crippen molar-refractivity contribution in [2.24, 2.45) is 5.92 Å². The second-order valence-electron chi connectivity index (χ2n) is 7.89. The molecule has 0 unspecified atom stereocenters. The highest BCUT2D eigenvalue weighted by Gasteiger charge is 2.43. The van der Waals surface area contributed by atoms with Crippen LogP contribution in [0.5, 0.6) is 5.75 Å². The zero-order chi connectivity index (χ0) is 19.2. The largest absolute Gasteiger partial charge is 0.484 e. The molecule has 0 saturated carbocycles. The number of piperidine rings is 1. The van der Waals surface area contributed by atoms with Crippen LogP contribution in [-0.2, 0) is 14.6 Å². The molecule has 1 N–H and O–H groups in total. The van der Waals surface area contributed by atoms with Gasteiger partial charge in [0, 0.05) is 25.9 Å². The maximum atomic E-state index is 12.7. The van der Waals surface area contributed by atoms with Crippen molar-refractivity contribution in [1.82, 2.24) is 10.2 Å². The minimum absolute atomic E-state index is 0.0350. The first-order valence-electron chi connectivity index (χ1n) is 9.34. The SMILES string of the molecule is Cc1ccc2c(c1)C(=O)NCC1(CCN(C(=O)[C@H]3CCS(=O)(=O)C3)CC1)O2. The van der Waals surface area contributed by atoms with Crippen LogP contribution in [0.1, 0.15) is 35.2 Å². The molecular formula is C19H24N2O5S. The fourth-order valence-corrected chi connectivity index (χ4v) is 5.91. The van der Waals surface area contributed by atoms with Crippen LogP contribution in [0, 0.1) is 12.8 Å². The highest BCUT2D eigenvalue weighted by Crippen LogP contribution is 2.34. The van der Waals surface area contributed by atoms with Crippen LogP contribution in [0.15, 0.2) is 18.2 Å². The third-order valence-corrected chi connectivity index (χ3v) is 7.61. The number of nitrogens with one attached hydrogen (secondary N) is 1. The number of likely N-dealkylation sites (tertiary alicyclic amines) is 1. The molecule has 1 aromatic rings. The quantitative estimate of drug-likeness (QED) is 0.767. The summed E-state index contributed by atoms with van der Waals surface area (Å²) in [6.07, 6.45) is 1.62. The van der Waals surface area contributed by atoms with Gasteiger partial charge in [-0.2, -0.15) is 0 Å². The maximum absolute atomic E-state index is 12.7. The molecule has 1 aromatic carbocycles. The molecule has 8 heteroatoms. The minimum Gasteiger partial charge on any atom is -0.484 e. The molecular weight excluding hydrogens is 368 g/mol. The minimum atomic E-state index is -3.07. The van der Waals surface area contributed by atoms with E-state index in [0.717, 1.165) is 5.56 Å². The summed E-state index contributed by atoms with van der Waals surface area (Å²) in [6.45, 7) is 3.35. The van der Waals surface area contributed by atoms with Crippen LogP contribution in [-0.4, -0.2) is 61.9 Å². The molecule has 2 fully saturated rings. The smallest absolute Gasteiger partial charge is 0.255 e. The van der Waals surface area contributed by atoms with Crippen LogP contribution in [0.25, 0.3) is 0 Å². The molecule has 146 valence electrons. The van der Waals surface area contributed by atoms with E-state index in [-0.39, 0.29) is 23.3 Å². The molecule has 3 heterocycles. The normalized spacial score (nSPS) is 26.0. The molecule has 2 saturated heterocycles. The number of benzene rings is 1. The second kappa shape index (κ2) is 6.51. The van der Waals surface area contributed by atoms with Gasteiger partial charge in [0.25, 0.3) is 5.91 Å². The number of carbonyl (C=O) groups is 2. The van der Waals surface area contributed by atoms with E-state index >= 15 is 0 Å². The fraction of sp³-hybridized carbons (Fsp3) is 0.579. The zero-order valence-corrected chi connectivity index (χ0v) is 16.2. The molecule has 3 aliphatic rings. The molecule has 27 heavy (non-hydrogen) atoms. The van der Waals surface area contributed by atoms with Crippen molar-refractivity contribution in [3.05, 3.63) is 29.3 Å². The first-order valence-corrected chi connectivity index (χ1v) is 11.2. The van der Waals surface area contributed by atoms with Gasteiger partial charge < -0.3 is 15.0 Å². The average Bonchev–Trinajstić information content (AvgIpc) is 2.95. The number of rotatable bonds is 1. The summed E-state index contributed by atoms with van der Waals surface area (Å²) in [7, 11) is -3.07. The van der Waals surface area contributed by atoms with Gasteiger partial charge in [0.2, 0.25) is 5.91 Å². The van der Waals surface area contributed by atoms with E-state index < -0.39 is 21.4 Å². The number of amides is 2. The van der Waals surface area contributed by atoms with Gasteiger partial charge in [-0.15, -0.1) is 0 Å². The Hall–Kier alpha value is -2.09. The highest BCUT2D eigenvalue weighted by molar-refractivity contribution is 7.91. The Bertz CT molecular complexity index is 887. The van der Waals surface area contributed by atoms with Gasteiger partial charge >= 0.3 is 0 Å². The summed E-state index contributed by atoms with van der Waals surface area (Å²) in [5, 5.41) is 2.95. The predicted molar refractivity (Wildman–Crippen MR) is 99.4 cm³/mol. The van der Waals surface area contributed by atoms with Crippen LogP contribution in [0.4, 0.5) is 0 Å². The van der Waals surface area contributed by atoms with E-state index in [2.05, 4.69) is 5.32 Å². The maximum Gasteiger partial charge on any atom is 0.255 e. The first kappa shape index (κ1) is 18.3. The molecule has 4 rings (SSSR count). The van der Waals surface area contributed by atoms with Crippen LogP contribution < -0.4 is 10.1 Å². The van der Waals surface area contributed by atoms with Gasteiger partial charge in [-0.05, 0) is 25.5 Å². The number of carbonyl (C=O) groups excluding carboxylic acids is 2. The van der Waals surface area contributed by atoms with Gasteiger partial charge in [0.15, 0.2) is 9.84 Å². The number of hydrogen-bond donors (Lipinski definition) is 1.